The molecule has 1 aliphatic rings. The van der Waals surface area contributed by atoms with Crippen molar-refractivity contribution in [2.24, 2.45) is 5.92 Å². The second kappa shape index (κ2) is 4.73. The van der Waals surface area contributed by atoms with Crippen LogP contribution in [0.25, 0.3) is 0 Å². The van der Waals surface area contributed by atoms with Crippen LogP contribution in [0.3, 0.4) is 0 Å². The second-order valence-corrected chi connectivity index (χ2v) is 3.59. The molecule has 66 valence electrons. The summed E-state index contributed by atoms with van der Waals surface area (Å²) in [6.45, 7) is 7.46. The molecule has 2 heteroatoms. The molecule has 1 aliphatic heterocycles. The van der Waals surface area contributed by atoms with Crippen molar-refractivity contribution in [1.29, 1.82) is 0 Å². The van der Waals surface area contributed by atoms with E-state index in [0.717, 1.165) is 19.1 Å². The first-order valence-electron chi connectivity index (χ1n) is 4.61. The summed E-state index contributed by atoms with van der Waals surface area (Å²) in [5.41, 5.74) is 0. The Bertz CT molecular complexity index is 97.7. The Hall–Kier alpha value is -0.0800. The number of rotatable bonds is 3. The summed E-state index contributed by atoms with van der Waals surface area (Å²) in [5.74, 6) is 0.756. The molecule has 0 aliphatic carbocycles. The molecule has 0 radical (unpaired) electrons. The fraction of sp³-hybridized carbons (Fsp3) is 1.00. The van der Waals surface area contributed by atoms with Gasteiger partial charge < -0.3 is 10.1 Å². The lowest BCUT2D eigenvalue weighted by Gasteiger charge is -2.23. The molecule has 1 N–H and O–H groups in total. The Balaban J connectivity index is 2.05. The van der Waals surface area contributed by atoms with E-state index in [2.05, 4.69) is 19.2 Å². The van der Waals surface area contributed by atoms with Crippen molar-refractivity contribution in [2.45, 2.75) is 32.8 Å². The molecule has 1 fully saturated rings. The van der Waals surface area contributed by atoms with Crippen molar-refractivity contribution >= 4 is 0 Å². The number of piperidine rings is 1. The molecule has 0 bridgehead atoms. The normalized spacial score (nSPS) is 25.9. The SMILES string of the molecule is CC(C)OC[C@@H]1CCCNC1. The average molecular weight is 157 g/mol. The highest BCUT2D eigenvalue weighted by molar-refractivity contribution is 4.68. The minimum atomic E-state index is 0.386. The molecule has 0 aromatic heterocycles. The van der Waals surface area contributed by atoms with Crippen LogP contribution in [0.2, 0.25) is 0 Å². The highest BCUT2D eigenvalue weighted by Gasteiger charge is 2.12. The molecule has 1 heterocycles. The summed E-state index contributed by atoms with van der Waals surface area (Å²) >= 11 is 0. The third kappa shape index (κ3) is 3.73. The predicted octanol–water partition coefficient (Wildman–Crippen LogP) is 1.41. The van der Waals surface area contributed by atoms with E-state index in [4.69, 9.17) is 4.74 Å². The highest BCUT2D eigenvalue weighted by atomic mass is 16.5. The van der Waals surface area contributed by atoms with Gasteiger partial charge in [-0.05, 0) is 39.2 Å². The van der Waals surface area contributed by atoms with Gasteiger partial charge in [0.1, 0.15) is 0 Å². The lowest BCUT2D eigenvalue weighted by atomic mass is 10.0. The monoisotopic (exact) mass is 157 g/mol. The molecule has 0 unspecified atom stereocenters. The number of ether oxygens (including phenoxy) is 1. The van der Waals surface area contributed by atoms with Gasteiger partial charge in [0.25, 0.3) is 0 Å². The first kappa shape index (κ1) is 9.01. The summed E-state index contributed by atoms with van der Waals surface area (Å²) in [5, 5.41) is 3.38. The van der Waals surface area contributed by atoms with Gasteiger partial charge in [0, 0.05) is 6.54 Å². The maximum atomic E-state index is 5.54. The Labute approximate surface area is 69.3 Å². The predicted molar refractivity (Wildman–Crippen MR) is 46.7 cm³/mol. The third-order valence-electron chi connectivity index (χ3n) is 2.06. The lowest BCUT2D eigenvalue weighted by molar-refractivity contribution is 0.0449. The summed E-state index contributed by atoms with van der Waals surface area (Å²) in [7, 11) is 0. The van der Waals surface area contributed by atoms with Crippen LogP contribution >= 0.6 is 0 Å². The van der Waals surface area contributed by atoms with Gasteiger partial charge in [0.05, 0.1) is 12.7 Å². The smallest absolute Gasteiger partial charge is 0.0519 e. The number of hydrogen-bond acceptors (Lipinski definition) is 2. The van der Waals surface area contributed by atoms with Crippen molar-refractivity contribution in [3.63, 3.8) is 0 Å². The van der Waals surface area contributed by atoms with Gasteiger partial charge in [0.2, 0.25) is 0 Å². The minimum Gasteiger partial charge on any atom is -0.378 e. The molecular formula is C9H19NO. The largest absolute Gasteiger partial charge is 0.378 e. The zero-order valence-corrected chi connectivity index (χ0v) is 7.60. The summed E-state index contributed by atoms with van der Waals surface area (Å²) in [4.78, 5) is 0. The van der Waals surface area contributed by atoms with Crippen LogP contribution < -0.4 is 5.32 Å². The van der Waals surface area contributed by atoms with Crippen molar-refractivity contribution < 1.29 is 4.74 Å². The van der Waals surface area contributed by atoms with Crippen molar-refractivity contribution in [2.75, 3.05) is 19.7 Å². The highest BCUT2D eigenvalue weighted by Crippen LogP contribution is 2.10. The molecule has 1 rings (SSSR count). The second-order valence-electron chi connectivity index (χ2n) is 3.59. The quantitative estimate of drug-likeness (QED) is 0.669. The zero-order valence-electron chi connectivity index (χ0n) is 7.60. The lowest BCUT2D eigenvalue weighted by Crippen LogP contribution is -2.32. The molecule has 0 aromatic carbocycles. The van der Waals surface area contributed by atoms with Crippen LogP contribution in [0.15, 0.2) is 0 Å². The molecule has 0 aromatic rings. The van der Waals surface area contributed by atoms with E-state index >= 15 is 0 Å². The van der Waals surface area contributed by atoms with Crippen LogP contribution in [0, 0.1) is 5.92 Å². The summed E-state index contributed by atoms with van der Waals surface area (Å²) < 4.78 is 5.54. The Morgan fingerprint density at radius 1 is 1.55 bits per heavy atom. The van der Waals surface area contributed by atoms with Crippen LogP contribution in [0.4, 0.5) is 0 Å². The van der Waals surface area contributed by atoms with Gasteiger partial charge in [-0.3, -0.25) is 0 Å². The molecule has 2 nitrogen and oxygen atoms in total. The molecule has 0 spiro atoms. The first-order valence-corrected chi connectivity index (χ1v) is 4.61. The van der Waals surface area contributed by atoms with Gasteiger partial charge in [-0.1, -0.05) is 0 Å². The fourth-order valence-electron chi connectivity index (χ4n) is 1.39. The van der Waals surface area contributed by atoms with Gasteiger partial charge in [-0.25, -0.2) is 0 Å². The van der Waals surface area contributed by atoms with Gasteiger partial charge in [-0.2, -0.15) is 0 Å². The van der Waals surface area contributed by atoms with E-state index in [0.29, 0.717) is 6.10 Å². The van der Waals surface area contributed by atoms with Gasteiger partial charge >= 0.3 is 0 Å². The van der Waals surface area contributed by atoms with E-state index in [-0.39, 0.29) is 0 Å². The Morgan fingerprint density at radius 3 is 2.91 bits per heavy atom. The standard InChI is InChI=1S/C9H19NO/c1-8(2)11-7-9-4-3-5-10-6-9/h8-10H,3-7H2,1-2H3/t9-/m1/s1. The Kier molecular flexibility index (Phi) is 3.87. The van der Waals surface area contributed by atoms with E-state index in [9.17, 15) is 0 Å². The number of nitrogens with one attached hydrogen (secondary N) is 1. The fourth-order valence-corrected chi connectivity index (χ4v) is 1.39. The molecule has 1 saturated heterocycles. The molecular weight excluding hydrogens is 138 g/mol. The van der Waals surface area contributed by atoms with E-state index in [1.165, 1.54) is 19.4 Å². The van der Waals surface area contributed by atoms with E-state index in [1.54, 1.807) is 0 Å². The maximum Gasteiger partial charge on any atom is 0.0519 e. The zero-order chi connectivity index (χ0) is 8.10. The van der Waals surface area contributed by atoms with Crippen LogP contribution in [-0.2, 0) is 4.74 Å². The van der Waals surface area contributed by atoms with Crippen LogP contribution in [0.1, 0.15) is 26.7 Å². The number of hydrogen-bond donors (Lipinski definition) is 1. The Morgan fingerprint density at radius 2 is 2.36 bits per heavy atom. The van der Waals surface area contributed by atoms with Crippen LogP contribution in [0.5, 0.6) is 0 Å². The average Bonchev–Trinajstić information content (AvgIpc) is 2.03. The van der Waals surface area contributed by atoms with Crippen LogP contribution in [-0.4, -0.2) is 25.8 Å². The molecule has 1 atom stereocenters. The minimum absolute atomic E-state index is 0.386. The first-order chi connectivity index (χ1) is 5.29. The topological polar surface area (TPSA) is 21.3 Å². The van der Waals surface area contributed by atoms with Crippen molar-refractivity contribution in [3.8, 4) is 0 Å². The molecule has 11 heavy (non-hydrogen) atoms. The summed E-state index contributed by atoms with van der Waals surface area (Å²) in [6.07, 6.45) is 3.03. The molecule has 0 saturated carbocycles. The van der Waals surface area contributed by atoms with E-state index in [1.807, 2.05) is 0 Å². The van der Waals surface area contributed by atoms with E-state index < -0.39 is 0 Å². The summed E-state index contributed by atoms with van der Waals surface area (Å²) in [6, 6.07) is 0. The third-order valence-corrected chi connectivity index (χ3v) is 2.06. The van der Waals surface area contributed by atoms with Gasteiger partial charge in [-0.15, -0.1) is 0 Å². The molecule has 0 amide bonds. The maximum absolute atomic E-state index is 5.54. The van der Waals surface area contributed by atoms with Gasteiger partial charge in [0.15, 0.2) is 0 Å². The van der Waals surface area contributed by atoms with Crippen molar-refractivity contribution in [3.05, 3.63) is 0 Å². The van der Waals surface area contributed by atoms with Crippen molar-refractivity contribution in [1.82, 2.24) is 5.32 Å².